The van der Waals surface area contributed by atoms with Crippen molar-refractivity contribution in [3.63, 3.8) is 0 Å². The van der Waals surface area contributed by atoms with Gasteiger partial charge in [-0.25, -0.2) is 4.39 Å². The Hall–Kier alpha value is -2.16. The van der Waals surface area contributed by atoms with Crippen molar-refractivity contribution in [3.05, 3.63) is 53.8 Å². The standard InChI is InChI=1S/C16H15FO2/c1-3-16(18)12-6-4-5-11(9-12)14-8-7-13(19-2)10-15(14)17/h4-10H,3H2,1-2H3. The van der Waals surface area contributed by atoms with Gasteiger partial charge in [-0.05, 0) is 23.8 Å². The number of benzene rings is 2. The summed E-state index contributed by atoms with van der Waals surface area (Å²) in [5.74, 6) is 0.165. The monoisotopic (exact) mass is 258 g/mol. The van der Waals surface area contributed by atoms with Gasteiger partial charge in [0, 0.05) is 23.6 Å². The lowest BCUT2D eigenvalue weighted by Crippen LogP contribution is -1.96. The number of Topliss-reactive ketones (excluding diaryl/α,β-unsaturated/α-hetero) is 1. The van der Waals surface area contributed by atoms with Crippen molar-refractivity contribution >= 4 is 5.78 Å². The highest BCUT2D eigenvalue weighted by atomic mass is 19.1. The van der Waals surface area contributed by atoms with Crippen LogP contribution in [0.15, 0.2) is 42.5 Å². The number of methoxy groups -OCH3 is 1. The van der Waals surface area contributed by atoms with Gasteiger partial charge in [0.05, 0.1) is 7.11 Å². The van der Waals surface area contributed by atoms with Crippen molar-refractivity contribution < 1.29 is 13.9 Å². The van der Waals surface area contributed by atoms with Crippen LogP contribution in [0.25, 0.3) is 11.1 Å². The molecular weight excluding hydrogens is 243 g/mol. The van der Waals surface area contributed by atoms with Crippen LogP contribution in [0, 0.1) is 5.82 Å². The van der Waals surface area contributed by atoms with E-state index < -0.39 is 0 Å². The van der Waals surface area contributed by atoms with E-state index in [0.717, 1.165) is 0 Å². The summed E-state index contributed by atoms with van der Waals surface area (Å²) in [4.78, 5) is 11.7. The number of carbonyl (C=O) groups is 1. The molecule has 0 heterocycles. The highest BCUT2D eigenvalue weighted by Gasteiger charge is 2.09. The lowest BCUT2D eigenvalue weighted by molar-refractivity contribution is 0.0988. The second-order valence-corrected chi connectivity index (χ2v) is 4.20. The second-order valence-electron chi connectivity index (χ2n) is 4.20. The van der Waals surface area contributed by atoms with E-state index in [0.29, 0.717) is 28.9 Å². The van der Waals surface area contributed by atoms with Crippen LogP contribution in [0.5, 0.6) is 5.75 Å². The van der Waals surface area contributed by atoms with E-state index in [4.69, 9.17) is 4.74 Å². The fourth-order valence-corrected chi connectivity index (χ4v) is 1.92. The maximum absolute atomic E-state index is 14.0. The van der Waals surface area contributed by atoms with E-state index in [1.807, 2.05) is 6.92 Å². The lowest BCUT2D eigenvalue weighted by atomic mass is 10.00. The number of hydrogen-bond acceptors (Lipinski definition) is 2. The predicted octanol–water partition coefficient (Wildman–Crippen LogP) is 4.09. The molecule has 19 heavy (non-hydrogen) atoms. The second kappa shape index (κ2) is 5.65. The van der Waals surface area contributed by atoms with Crippen LogP contribution in [-0.2, 0) is 0 Å². The van der Waals surface area contributed by atoms with Gasteiger partial charge in [-0.15, -0.1) is 0 Å². The Bertz CT molecular complexity index is 605. The average Bonchev–Trinajstić information content (AvgIpc) is 2.46. The number of carbonyl (C=O) groups excluding carboxylic acids is 1. The quantitative estimate of drug-likeness (QED) is 0.772. The van der Waals surface area contributed by atoms with Crippen LogP contribution in [0.3, 0.4) is 0 Å². The van der Waals surface area contributed by atoms with Crippen LogP contribution >= 0.6 is 0 Å². The van der Waals surface area contributed by atoms with E-state index >= 15 is 0 Å². The van der Waals surface area contributed by atoms with Crippen LogP contribution in [0.4, 0.5) is 4.39 Å². The molecule has 0 radical (unpaired) electrons. The molecule has 0 amide bonds. The molecule has 0 unspecified atom stereocenters. The largest absolute Gasteiger partial charge is 0.497 e. The first-order chi connectivity index (χ1) is 9.15. The van der Waals surface area contributed by atoms with Gasteiger partial charge in [0.25, 0.3) is 0 Å². The van der Waals surface area contributed by atoms with Gasteiger partial charge >= 0.3 is 0 Å². The molecule has 2 rings (SSSR count). The number of hydrogen-bond donors (Lipinski definition) is 0. The fraction of sp³-hybridized carbons (Fsp3) is 0.188. The van der Waals surface area contributed by atoms with E-state index in [1.165, 1.54) is 13.2 Å². The Labute approximate surface area is 111 Å². The van der Waals surface area contributed by atoms with E-state index in [1.54, 1.807) is 36.4 Å². The SMILES string of the molecule is CCC(=O)c1cccc(-c2ccc(OC)cc2F)c1. The van der Waals surface area contributed by atoms with Crippen LogP contribution < -0.4 is 4.74 Å². The molecule has 0 aliphatic heterocycles. The van der Waals surface area contributed by atoms with Gasteiger partial charge in [0.2, 0.25) is 0 Å². The third-order valence-electron chi connectivity index (χ3n) is 2.99. The first kappa shape index (κ1) is 13.3. The molecule has 0 aromatic heterocycles. The Morgan fingerprint density at radius 1 is 1.21 bits per heavy atom. The van der Waals surface area contributed by atoms with Gasteiger partial charge < -0.3 is 4.74 Å². The highest BCUT2D eigenvalue weighted by molar-refractivity contribution is 5.97. The molecule has 0 saturated carbocycles. The summed E-state index contributed by atoms with van der Waals surface area (Å²) >= 11 is 0. The molecule has 2 aromatic carbocycles. The summed E-state index contributed by atoms with van der Waals surface area (Å²) in [6.45, 7) is 1.81. The van der Waals surface area contributed by atoms with E-state index in [2.05, 4.69) is 0 Å². The van der Waals surface area contributed by atoms with Crippen molar-refractivity contribution in [2.75, 3.05) is 7.11 Å². The predicted molar refractivity (Wildman–Crippen MR) is 73.0 cm³/mol. The fourth-order valence-electron chi connectivity index (χ4n) is 1.92. The summed E-state index contributed by atoms with van der Waals surface area (Å²) in [6, 6.07) is 11.7. The van der Waals surface area contributed by atoms with Gasteiger partial charge in [-0.3, -0.25) is 4.79 Å². The van der Waals surface area contributed by atoms with Crippen molar-refractivity contribution in [1.82, 2.24) is 0 Å². The molecule has 0 spiro atoms. The summed E-state index contributed by atoms with van der Waals surface area (Å²) in [6.07, 6.45) is 0.439. The van der Waals surface area contributed by atoms with Crippen molar-refractivity contribution in [2.24, 2.45) is 0 Å². The molecule has 0 aliphatic rings. The van der Waals surface area contributed by atoms with Gasteiger partial charge in [0.15, 0.2) is 5.78 Å². The van der Waals surface area contributed by atoms with Gasteiger partial charge in [0.1, 0.15) is 11.6 Å². The Kier molecular flexibility index (Phi) is 3.95. The van der Waals surface area contributed by atoms with E-state index in [-0.39, 0.29) is 11.6 Å². The molecule has 3 heteroatoms. The first-order valence-electron chi connectivity index (χ1n) is 6.13. The number of halogens is 1. The topological polar surface area (TPSA) is 26.3 Å². The molecule has 0 saturated heterocycles. The van der Waals surface area contributed by atoms with E-state index in [9.17, 15) is 9.18 Å². The van der Waals surface area contributed by atoms with Crippen molar-refractivity contribution in [3.8, 4) is 16.9 Å². The van der Waals surface area contributed by atoms with Crippen molar-refractivity contribution in [1.29, 1.82) is 0 Å². The Balaban J connectivity index is 2.44. The average molecular weight is 258 g/mol. The maximum atomic E-state index is 14.0. The third-order valence-corrected chi connectivity index (χ3v) is 2.99. The van der Waals surface area contributed by atoms with Gasteiger partial charge in [-0.2, -0.15) is 0 Å². The molecule has 98 valence electrons. The smallest absolute Gasteiger partial charge is 0.162 e. The molecule has 0 fully saturated rings. The van der Waals surface area contributed by atoms with Crippen LogP contribution in [0.1, 0.15) is 23.7 Å². The summed E-state index contributed by atoms with van der Waals surface area (Å²) in [5.41, 5.74) is 1.77. The summed E-state index contributed by atoms with van der Waals surface area (Å²) in [7, 11) is 1.50. The normalized spacial score (nSPS) is 10.3. The zero-order chi connectivity index (χ0) is 13.8. The Morgan fingerprint density at radius 3 is 2.63 bits per heavy atom. The highest BCUT2D eigenvalue weighted by Crippen LogP contribution is 2.27. The van der Waals surface area contributed by atoms with Crippen molar-refractivity contribution in [2.45, 2.75) is 13.3 Å². The molecule has 2 nitrogen and oxygen atoms in total. The molecule has 0 atom stereocenters. The lowest BCUT2D eigenvalue weighted by Gasteiger charge is -2.07. The Morgan fingerprint density at radius 2 is 2.00 bits per heavy atom. The summed E-state index contributed by atoms with van der Waals surface area (Å²) < 4.78 is 18.9. The minimum Gasteiger partial charge on any atom is -0.497 e. The van der Waals surface area contributed by atoms with Crippen LogP contribution in [0.2, 0.25) is 0 Å². The maximum Gasteiger partial charge on any atom is 0.162 e. The zero-order valence-corrected chi connectivity index (χ0v) is 10.9. The molecule has 0 aliphatic carbocycles. The minimum absolute atomic E-state index is 0.0516. The molecular formula is C16H15FO2. The van der Waals surface area contributed by atoms with Gasteiger partial charge in [-0.1, -0.05) is 25.1 Å². The minimum atomic E-state index is -0.361. The summed E-state index contributed by atoms with van der Waals surface area (Å²) in [5, 5.41) is 0. The molecule has 0 bridgehead atoms. The zero-order valence-electron chi connectivity index (χ0n) is 10.9. The number of ether oxygens (including phenoxy) is 1. The van der Waals surface area contributed by atoms with Crippen LogP contribution in [-0.4, -0.2) is 12.9 Å². The third kappa shape index (κ3) is 2.81. The molecule has 2 aromatic rings. The first-order valence-corrected chi connectivity index (χ1v) is 6.13. The molecule has 0 N–H and O–H groups in total. The number of rotatable bonds is 4. The number of ketones is 1.